The van der Waals surface area contributed by atoms with Gasteiger partial charge in [-0.1, -0.05) is 60.1 Å². The molecular formula is C25H23ClN4O3S. The predicted octanol–water partition coefficient (Wildman–Crippen LogP) is 4.26. The first kappa shape index (κ1) is 24.9. The Morgan fingerprint density at radius 2 is 1.62 bits per heavy atom. The number of halogens is 1. The molecule has 0 spiro atoms. The molecule has 34 heavy (non-hydrogen) atoms. The molecule has 0 atom stereocenters. The second kappa shape index (κ2) is 11.9. The van der Waals surface area contributed by atoms with E-state index < -0.39 is 11.8 Å². The largest absolute Gasteiger partial charge is 0.326 e. The van der Waals surface area contributed by atoms with E-state index in [9.17, 15) is 14.4 Å². The lowest BCUT2D eigenvalue weighted by atomic mass is 10.0. The monoisotopic (exact) mass is 494 g/mol. The summed E-state index contributed by atoms with van der Waals surface area (Å²) in [6.07, 6.45) is 2.95. The summed E-state index contributed by atoms with van der Waals surface area (Å²) in [5, 5.41) is 7.74. The molecule has 0 saturated carbocycles. The lowest BCUT2D eigenvalue weighted by Gasteiger charge is -2.11. The van der Waals surface area contributed by atoms with Crippen LogP contribution >= 0.6 is 23.8 Å². The van der Waals surface area contributed by atoms with E-state index in [0.29, 0.717) is 10.7 Å². The number of benzene rings is 3. The van der Waals surface area contributed by atoms with Crippen LogP contribution in [0.2, 0.25) is 5.02 Å². The van der Waals surface area contributed by atoms with Crippen LogP contribution in [-0.2, 0) is 14.4 Å². The van der Waals surface area contributed by atoms with Crippen molar-refractivity contribution in [1.29, 1.82) is 0 Å². The number of hydrogen-bond donors (Lipinski definition) is 4. The number of nitrogens with one attached hydrogen (secondary N) is 4. The van der Waals surface area contributed by atoms with E-state index in [1.54, 1.807) is 31.2 Å². The van der Waals surface area contributed by atoms with Crippen molar-refractivity contribution in [2.45, 2.75) is 19.8 Å². The average molecular weight is 495 g/mol. The van der Waals surface area contributed by atoms with Crippen molar-refractivity contribution in [3.63, 3.8) is 0 Å². The first-order chi connectivity index (χ1) is 16.3. The van der Waals surface area contributed by atoms with Gasteiger partial charge in [0.15, 0.2) is 5.11 Å². The standard InChI is InChI=1S/C25H23ClN4O3S/c1-16-20(26)10-5-11-21(16)27-22(31)14-15-24(33)29-30-25(34)28-23(32)13-12-18-8-4-7-17-6-2-3-9-19(17)18/h2-13H,14-15H2,1H3,(H,27,31)(H,29,33)(H2,28,30,32,34)/b13-12+. The first-order valence-corrected chi connectivity index (χ1v) is 11.2. The highest BCUT2D eigenvalue weighted by Crippen LogP contribution is 2.23. The van der Waals surface area contributed by atoms with Gasteiger partial charge < -0.3 is 5.32 Å². The summed E-state index contributed by atoms with van der Waals surface area (Å²) in [6.45, 7) is 1.79. The number of fused-ring (bicyclic) bond motifs is 1. The smallest absolute Gasteiger partial charge is 0.250 e. The summed E-state index contributed by atoms with van der Waals surface area (Å²) in [7, 11) is 0. The van der Waals surface area contributed by atoms with E-state index in [4.69, 9.17) is 23.8 Å². The lowest BCUT2D eigenvalue weighted by molar-refractivity contribution is -0.124. The summed E-state index contributed by atoms with van der Waals surface area (Å²) in [4.78, 5) is 36.2. The van der Waals surface area contributed by atoms with Gasteiger partial charge in [-0.25, -0.2) is 0 Å². The molecule has 3 aromatic rings. The van der Waals surface area contributed by atoms with Gasteiger partial charge in [-0.15, -0.1) is 0 Å². The molecule has 3 aromatic carbocycles. The molecule has 0 saturated heterocycles. The molecular weight excluding hydrogens is 472 g/mol. The minimum absolute atomic E-state index is 0.0354. The van der Waals surface area contributed by atoms with Gasteiger partial charge in [0.1, 0.15) is 0 Å². The van der Waals surface area contributed by atoms with Crippen molar-refractivity contribution in [3.8, 4) is 0 Å². The van der Waals surface area contributed by atoms with Crippen LogP contribution in [0.5, 0.6) is 0 Å². The van der Waals surface area contributed by atoms with E-state index in [0.717, 1.165) is 21.9 Å². The van der Waals surface area contributed by atoms with Crippen LogP contribution in [0.1, 0.15) is 24.0 Å². The van der Waals surface area contributed by atoms with Gasteiger partial charge >= 0.3 is 0 Å². The van der Waals surface area contributed by atoms with Gasteiger partial charge in [-0.3, -0.25) is 30.6 Å². The topological polar surface area (TPSA) is 99.3 Å². The van der Waals surface area contributed by atoms with E-state index in [1.165, 1.54) is 6.08 Å². The van der Waals surface area contributed by atoms with Crippen LogP contribution in [0.3, 0.4) is 0 Å². The van der Waals surface area contributed by atoms with Gasteiger partial charge in [-0.2, -0.15) is 0 Å². The lowest BCUT2D eigenvalue weighted by Crippen LogP contribution is -2.48. The maximum Gasteiger partial charge on any atom is 0.250 e. The van der Waals surface area contributed by atoms with E-state index >= 15 is 0 Å². The number of thiocarbonyl (C=S) groups is 1. The molecule has 4 N–H and O–H groups in total. The van der Waals surface area contributed by atoms with Crippen LogP contribution < -0.4 is 21.5 Å². The van der Waals surface area contributed by atoms with Gasteiger partial charge in [0.2, 0.25) is 17.7 Å². The highest BCUT2D eigenvalue weighted by Gasteiger charge is 2.10. The molecule has 0 aliphatic carbocycles. The highest BCUT2D eigenvalue weighted by molar-refractivity contribution is 7.80. The molecule has 0 heterocycles. The molecule has 0 radical (unpaired) electrons. The fourth-order valence-electron chi connectivity index (χ4n) is 3.12. The minimum atomic E-state index is -0.458. The average Bonchev–Trinajstić information content (AvgIpc) is 2.83. The Hall–Kier alpha value is -3.75. The third-order valence-electron chi connectivity index (χ3n) is 4.91. The quantitative estimate of drug-likeness (QED) is 0.233. The molecule has 3 amide bonds. The van der Waals surface area contributed by atoms with E-state index in [1.807, 2.05) is 42.5 Å². The number of carbonyl (C=O) groups is 3. The Balaban J connectivity index is 1.40. The molecule has 7 nitrogen and oxygen atoms in total. The summed E-state index contributed by atoms with van der Waals surface area (Å²) in [5.74, 6) is -1.23. The molecule has 0 aromatic heterocycles. The van der Waals surface area contributed by atoms with Crippen LogP contribution in [0.4, 0.5) is 5.69 Å². The molecule has 0 aliphatic rings. The predicted molar refractivity (Wildman–Crippen MR) is 139 cm³/mol. The van der Waals surface area contributed by atoms with Gasteiger partial charge in [-0.05, 0) is 59.2 Å². The minimum Gasteiger partial charge on any atom is -0.326 e. The van der Waals surface area contributed by atoms with Crippen LogP contribution in [0.25, 0.3) is 16.8 Å². The number of carbonyl (C=O) groups excluding carboxylic acids is 3. The van der Waals surface area contributed by atoms with Crippen molar-refractivity contribution in [2.24, 2.45) is 0 Å². The SMILES string of the molecule is Cc1c(Cl)cccc1NC(=O)CCC(=O)NNC(=S)NC(=O)/C=C/c1cccc2ccccc12. The molecule has 0 unspecified atom stereocenters. The Morgan fingerprint density at radius 1 is 0.912 bits per heavy atom. The molecule has 174 valence electrons. The van der Waals surface area contributed by atoms with Gasteiger partial charge in [0.25, 0.3) is 0 Å². The summed E-state index contributed by atoms with van der Waals surface area (Å²) >= 11 is 11.1. The summed E-state index contributed by atoms with van der Waals surface area (Å²) in [5.41, 5.74) is 7.04. The second-order valence-electron chi connectivity index (χ2n) is 7.35. The Bertz CT molecular complexity index is 1270. The number of hydrazine groups is 1. The van der Waals surface area contributed by atoms with Crippen LogP contribution in [0, 0.1) is 6.92 Å². The van der Waals surface area contributed by atoms with Crippen molar-refractivity contribution < 1.29 is 14.4 Å². The van der Waals surface area contributed by atoms with E-state index in [-0.39, 0.29) is 23.9 Å². The Kier molecular flexibility index (Phi) is 8.73. The number of hydrogen-bond acceptors (Lipinski definition) is 4. The molecule has 0 fully saturated rings. The van der Waals surface area contributed by atoms with Crippen molar-refractivity contribution in [3.05, 3.63) is 82.9 Å². The molecule has 3 rings (SSSR count). The third kappa shape index (κ3) is 7.13. The second-order valence-corrected chi connectivity index (χ2v) is 8.17. The Labute approximate surface area is 207 Å². The molecule has 0 bridgehead atoms. The molecule has 0 aliphatic heterocycles. The summed E-state index contributed by atoms with van der Waals surface area (Å²) in [6, 6.07) is 18.9. The zero-order chi connectivity index (χ0) is 24.5. The van der Waals surface area contributed by atoms with Gasteiger partial charge in [0, 0.05) is 29.6 Å². The number of anilines is 1. The number of rotatable bonds is 6. The normalized spacial score (nSPS) is 10.6. The summed E-state index contributed by atoms with van der Waals surface area (Å²) < 4.78 is 0. The van der Waals surface area contributed by atoms with Crippen LogP contribution in [-0.4, -0.2) is 22.8 Å². The Morgan fingerprint density at radius 3 is 2.44 bits per heavy atom. The molecule has 9 heteroatoms. The van der Waals surface area contributed by atoms with Crippen molar-refractivity contribution in [1.82, 2.24) is 16.2 Å². The fraction of sp³-hybridized carbons (Fsp3) is 0.120. The third-order valence-corrected chi connectivity index (χ3v) is 5.52. The zero-order valence-electron chi connectivity index (χ0n) is 18.4. The highest BCUT2D eigenvalue weighted by atomic mass is 35.5. The number of amides is 3. The van der Waals surface area contributed by atoms with Crippen molar-refractivity contribution in [2.75, 3.05) is 5.32 Å². The van der Waals surface area contributed by atoms with Crippen molar-refractivity contribution >= 4 is 69.2 Å². The zero-order valence-corrected chi connectivity index (χ0v) is 19.9. The van der Waals surface area contributed by atoms with Crippen LogP contribution in [0.15, 0.2) is 66.7 Å². The van der Waals surface area contributed by atoms with Gasteiger partial charge in [0.05, 0.1) is 0 Å². The first-order valence-electron chi connectivity index (χ1n) is 10.4. The maximum atomic E-state index is 12.1. The maximum absolute atomic E-state index is 12.1. The van der Waals surface area contributed by atoms with E-state index in [2.05, 4.69) is 21.5 Å². The fourth-order valence-corrected chi connectivity index (χ4v) is 3.44.